The zero-order valence-electron chi connectivity index (χ0n) is 70.0. The fourth-order valence-electron chi connectivity index (χ4n) is 11.1. The molecule has 0 rings (SSSR count). The number of aliphatic hydroxyl groups is 1. The van der Waals surface area contributed by atoms with E-state index in [4.69, 9.17) is 37.0 Å². The molecule has 112 heavy (non-hydrogen) atoms. The van der Waals surface area contributed by atoms with E-state index in [1.165, 1.54) is 57.8 Å². The summed E-state index contributed by atoms with van der Waals surface area (Å²) >= 11 is 0. The third kappa shape index (κ3) is 82.4. The predicted octanol–water partition coefficient (Wildman–Crippen LogP) is 26.1. The molecule has 0 aliphatic heterocycles. The van der Waals surface area contributed by atoms with Gasteiger partial charge < -0.3 is 33.8 Å². The maximum Gasteiger partial charge on any atom is 0.472 e. The number of unbranched alkanes of at least 4 members (excludes halogenated alkanes) is 26. The molecular weight excluding hydrogens is 1450 g/mol. The number of carbonyl (C=O) groups is 4. The highest BCUT2D eigenvalue weighted by atomic mass is 31.2. The smallest absolute Gasteiger partial charge is 0.462 e. The summed E-state index contributed by atoms with van der Waals surface area (Å²) in [5.41, 5.74) is 0. The number of esters is 4. The molecule has 19 heteroatoms. The van der Waals surface area contributed by atoms with E-state index in [0.717, 1.165) is 193 Å². The first-order valence-electron chi connectivity index (χ1n) is 43.4. The van der Waals surface area contributed by atoms with Gasteiger partial charge in [0.1, 0.15) is 19.3 Å². The number of hydrogen-bond acceptors (Lipinski definition) is 15. The highest BCUT2D eigenvalue weighted by molar-refractivity contribution is 7.47. The van der Waals surface area contributed by atoms with Crippen molar-refractivity contribution in [3.05, 3.63) is 170 Å². The van der Waals surface area contributed by atoms with Gasteiger partial charge in [-0.05, 0) is 167 Å². The normalized spacial score (nSPS) is 14.6. The maximum absolute atomic E-state index is 13.2. The molecule has 0 aromatic carbocycles. The van der Waals surface area contributed by atoms with Gasteiger partial charge in [-0.25, -0.2) is 9.13 Å². The van der Waals surface area contributed by atoms with Crippen LogP contribution >= 0.6 is 15.6 Å². The highest BCUT2D eigenvalue weighted by Crippen LogP contribution is 2.45. The van der Waals surface area contributed by atoms with Gasteiger partial charge in [-0.15, -0.1) is 0 Å². The standard InChI is InChI=1S/C93H154O17P2/c1-5-9-13-17-21-25-29-33-37-40-43-46-50-53-57-61-65-69-73-77-90(95)103-83-88(109-92(97)79-75-71-67-63-59-55-49-36-32-28-24-20-16-12-8-4)85-107-111(99,100)105-81-87(94)82-106-112(101,102)108-86-89(110-93(98)80-76-72-68-64-60-56-52-48-45-42-39-35-31-27-23-19-15-11-7-3)84-104-91(96)78-74-70-66-62-58-54-51-47-44-41-38-34-30-26-22-18-14-10-6-2/h10-11,14-15,21-23,25-27,33-39,43-49,54,58,66,70,87-89,94H,5-9,12-13,16-20,24,28-32,40-42,50-53,55-57,59-65,67-69,71-86H2,1-4H3,(H,99,100)(H,101,102)/b14-10-,15-11-,25-21-,26-22-,27-23-,37-33-,38-34-,39-35-,46-43-,47-44-,48-45-,49-36-,58-54-,70-66-. The van der Waals surface area contributed by atoms with Crippen molar-refractivity contribution in [1.82, 2.24) is 0 Å². The Bertz CT molecular complexity index is 2790. The van der Waals surface area contributed by atoms with Crippen LogP contribution in [0.1, 0.15) is 336 Å². The first-order valence-corrected chi connectivity index (χ1v) is 46.4. The first-order chi connectivity index (χ1) is 54.7. The number of ether oxygens (including phenoxy) is 4. The summed E-state index contributed by atoms with van der Waals surface area (Å²) < 4.78 is 68.8. The summed E-state index contributed by atoms with van der Waals surface area (Å²) in [6.45, 7) is 4.52. The van der Waals surface area contributed by atoms with Crippen molar-refractivity contribution in [3.8, 4) is 0 Å². The molecular formula is C93H154O17P2. The van der Waals surface area contributed by atoms with E-state index in [-0.39, 0.29) is 25.7 Å². The molecule has 0 saturated carbocycles. The molecule has 3 N–H and O–H groups in total. The Morgan fingerprint density at radius 2 is 0.482 bits per heavy atom. The third-order valence-corrected chi connectivity index (χ3v) is 19.6. The Kier molecular flexibility index (Phi) is 79.2. The second kappa shape index (κ2) is 83.4. The summed E-state index contributed by atoms with van der Waals surface area (Å²) in [6, 6.07) is 0. The SMILES string of the molecule is CC/C=C\C/C=C\C/C=C\C/C=C\C/C=C\C/C=C\CCC(=O)OCC(COP(=O)(O)OCC(O)COP(=O)(O)OCC(COC(=O)CCCCCCCC/C=C\C/C=C\C/C=C\CCCCC)OC(=O)CCCCCCC/C=C\CCCCCCCC)OC(=O)CCCCCCCC/C=C\C/C=C\C/C=C\C/C=C\CC. The lowest BCUT2D eigenvalue weighted by Crippen LogP contribution is -2.30. The zero-order valence-corrected chi connectivity index (χ0v) is 71.8. The van der Waals surface area contributed by atoms with Crippen LogP contribution in [-0.4, -0.2) is 96.7 Å². The summed E-state index contributed by atoms with van der Waals surface area (Å²) in [6.07, 6.45) is 100. The van der Waals surface area contributed by atoms with Crippen LogP contribution in [0.2, 0.25) is 0 Å². The van der Waals surface area contributed by atoms with Crippen molar-refractivity contribution < 1.29 is 80.2 Å². The van der Waals surface area contributed by atoms with Crippen LogP contribution in [0.3, 0.4) is 0 Å². The largest absolute Gasteiger partial charge is 0.472 e. The Morgan fingerprint density at radius 3 is 0.795 bits per heavy atom. The number of aliphatic hydroxyl groups excluding tert-OH is 1. The minimum atomic E-state index is -5.01. The number of allylic oxidation sites excluding steroid dienone is 28. The van der Waals surface area contributed by atoms with Crippen LogP contribution in [0.25, 0.3) is 0 Å². The van der Waals surface area contributed by atoms with E-state index in [0.29, 0.717) is 32.1 Å². The highest BCUT2D eigenvalue weighted by Gasteiger charge is 2.30. The predicted molar refractivity (Wildman–Crippen MR) is 463 cm³/mol. The quantitative estimate of drug-likeness (QED) is 0.0169. The molecule has 0 radical (unpaired) electrons. The summed E-state index contributed by atoms with van der Waals surface area (Å²) in [5.74, 6) is -2.31. The lowest BCUT2D eigenvalue weighted by Gasteiger charge is -2.21. The number of hydrogen-bond donors (Lipinski definition) is 3. The van der Waals surface area contributed by atoms with Crippen molar-refractivity contribution in [2.24, 2.45) is 0 Å². The van der Waals surface area contributed by atoms with E-state index < -0.39 is 97.5 Å². The average molecular weight is 1610 g/mol. The molecule has 0 amide bonds. The lowest BCUT2D eigenvalue weighted by molar-refractivity contribution is -0.161. The Labute approximate surface area is 680 Å². The van der Waals surface area contributed by atoms with Crippen molar-refractivity contribution >= 4 is 39.5 Å². The van der Waals surface area contributed by atoms with Gasteiger partial charge in [0.2, 0.25) is 0 Å². The molecule has 638 valence electrons. The van der Waals surface area contributed by atoms with Crippen LogP contribution in [0, 0.1) is 0 Å². The minimum Gasteiger partial charge on any atom is -0.462 e. The summed E-state index contributed by atoms with van der Waals surface area (Å²) in [5, 5.41) is 10.7. The van der Waals surface area contributed by atoms with Crippen LogP contribution < -0.4 is 0 Å². The average Bonchev–Trinajstić information content (AvgIpc) is 0.898. The van der Waals surface area contributed by atoms with Gasteiger partial charge in [0.05, 0.1) is 26.4 Å². The van der Waals surface area contributed by atoms with E-state index in [9.17, 15) is 43.2 Å². The molecule has 0 saturated heterocycles. The van der Waals surface area contributed by atoms with Gasteiger partial charge in [0.25, 0.3) is 0 Å². The fourth-order valence-corrected chi connectivity index (χ4v) is 12.7. The summed E-state index contributed by atoms with van der Waals surface area (Å²) in [7, 11) is -10.0. The van der Waals surface area contributed by atoms with Crippen LogP contribution in [0.5, 0.6) is 0 Å². The molecule has 17 nitrogen and oxygen atoms in total. The van der Waals surface area contributed by atoms with E-state index in [1.54, 1.807) is 0 Å². The molecule has 5 atom stereocenters. The van der Waals surface area contributed by atoms with Gasteiger partial charge >= 0.3 is 39.5 Å². The van der Waals surface area contributed by atoms with Crippen molar-refractivity contribution in [2.75, 3.05) is 39.6 Å². The molecule has 0 aromatic rings. The van der Waals surface area contributed by atoms with E-state index in [1.807, 2.05) is 18.2 Å². The van der Waals surface area contributed by atoms with Gasteiger partial charge in [0.15, 0.2) is 12.2 Å². The van der Waals surface area contributed by atoms with Crippen LogP contribution in [-0.2, 0) is 65.4 Å². The van der Waals surface area contributed by atoms with E-state index >= 15 is 0 Å². The Hall–Kier alpha value is -5.58. The molecule has 0 aromatic heterocycles. The van der Waals surface area contributed by atoms with Crippen LogP contribution in [0.4, 0.5) is 0 Å². The van der Waals surface area contributed by atoms with Crippen molar-refractivity contribution in [1.29, 1.82) is 0 Å². The summed E-state index contributed by atoms with van der Waals surface area (Å²) in [4.78, 5) is 73.3. The van der Waals surface area contributed by atoms with Crippen LogP contribution in [0.15, 0.2) is 170 Å². The van der Waals surface area contributed by atoms with Gasteiger partial charge in [-0.1, -0.05) is 313 Å². The Balaban J connectivity index is 5.48. The topological polar surface area (TPSA) is 237 Å². The molecule has 0 bridgehead atoms. The number of phosphoric ester groups is 2. The van der Waals surface area contributed by atoms with Crippen molar-refractivity contribution in [2.45, 2.75) is 354 Å². The van der Waals surface area contributed by atoms with Crippen molar-refractivity contribution in [3.63, 3.8) is 0 Å². The fraction of sp³-hybridized carbons (Fsp3) is 0.656. The molecule has 0 spiro atoms. The number of rotatable bonds is 80. The van der Waals surface area contributed by atoms with E-state index in [2.05, 4.69) is 180 Å². The van der Waals surface area contributed by atoms with Gasteiger partial charge in [0, 0.05) is 25.7 Å². The third-order valence-electron chi connectivity index (χ3n) is 17.7. The molecule has 0 heterocycles. The molecule has 0 aliphatic rings. The Morgan fingerprint density at radius 1 is 0.259 bits per heavy atom. The number of phosphoric acid groups is 2. The molecule has 0 fully saturated rings. The second-order valence-electron chi connectivity index (χ2n) is 28.4. The first kappa shape index (κ1) is 106. The zero-order chi connectivity index (χ0) is 81.7. The number of carbonyl (C=O) groups excluding carboxylic acids is 4. The molecule has 0 aliphatic carbocycles. The monoisotopic (exact) mass is 1610 g/mol. The molecule has 5 unspecified atom stereocenters. The van der Waals surface area contributed by atoms with Gasteiger partial charge in [-0.2, -0.15) is 0 Å². The maximum atomic E-state index is 13.2. The minimum absolute atomic E-state index is 0.0268. The van der Waals surface area contributed by atoms with Gasteiger partial charge in [-0.3, -0.25) is 37.3 Å². The lowest BCUT2D eigenvalue weighted by atomic mass is 10.1. The second-order valence-corrected chi connectivity index (χ2v) is 31.3.